The van der Waals surface area contributed by atoms with Gasteiger partial charge in [-0.2, -0.15) is 0 Å². The Hall–Kier alpha value is -0.860. The van der Waals surface area contributed by atoms with Crippen molar-refractivity contribution in [3.8, 4) is 0 Å². The second kappa shape index (κ2) is 7.06. The summed E-state index contributed by atoms with van der Waals surface area (Å²) in [6.07, 6.45) is 5.13. The number of benzene rings is 1. The first-order chi connectivity index (χ1) is 9.22. The van der Waals surface area contributed by atoms with E-state index < -0.39 is 0 Å². The van der Waals surface area contributed by atoms with E-state index in [0.717, 1.165) is 12.3 Å². The van der Waals surface area contributed by atoms with Crippen molar-refractivity contribution in [2.75, 3.05) is 13.1 Å². The van der Waals surface area contributed by atoms with Crippen LogP contribution in [0.3, 0.4) is 0 Å². The van der Waals surface area contributed by atoms with Crippen molar-refractivity contribution in [2.45, 2.75) is 51.6 Å². The summed E-state index contributed by atoms with van der Waals surface area (Å²) >= 11 is 0. The number of nitrogens with two attached hydrogens (primary N) is 1. The molecular weight excluding hydrogens is 232 g/mol. The standard InChI is InChI=1S/C17H28N2/c1-3-16(17(18)15-9-5-4-6-10-15)19-12-7-8-14(2)11-13-19/h4-6,9-10,14,16-17H,3,7-8,11-13,18H2,1-2H3. The van der Waals surface area contributed by atoms with Crippen LogP contribution in [0, 0.1) is 5.92 Å². The van der Waals surface area contributed by atoms with Gasteiger partial charge in [-0.15, -0.1) is 0 Å². The van der Waals surface area contributed by atoms with E-state index in [0.29, 0.717) is 6.04 Å². The highest BCUT2D eigenvalue weighted by atomic mass is 15.2. The minimum absolute atomic E-state index is 0.139. The molecule has 3 atom stereocenters. The molecule has 0 aliphatic carbocycles. The highest BCUT2D eigenvalue weighted by Gasteiger charge is 2.26. The van der Waals surface area contributed by atoms with E-state index >= 15 is 0 Å². The van der Waals surface area contributed by atoms with Gasteiger partial charge in [-0.1, -0.05) is 44.2 Å². The van der Waals surface area contributed by atoms with Crippen LogP contribution >= 0.6 is 0 Å². The molecule has 0 spiro atoms. The van der Waals surface area contributed by atoms with Crippen LogP contribution in [-0.4, -0.2) is 24.0 Å². The predicted octanol–water partition coefficient (Wildman–Crippen LogP) is 3.59. The van der Waals surface area contributed by atoms with Gasteiger partial charge in [0.1, 0.15) is 0 Å². The van der Waals surface area contributed by atoms with Gasteiger partial charge in [0.05, 0.1) is 0 Å². The Morgan fingerprint density at radius 1 is 1.21 bits per heavy atom. The van der Waals surface area contributed by atoms with Gasteiger partial charge >= 0.3 is 0 Å². The third-order valence-electron chi connectivity index (χ3n) is 4.54. The first-order valence-corrected chi connectivity index (χ1v) is 7.77. The Bertz CT molecular complexity index is 363. The first-order valence-electron chi connectivity index (χ1n) is 7.77. The second-order valence-corrected chi connectivity index (χ2v) is 5.98. The normalized spacial score (nSPS) is 24.7. The van der Waals surface area contributed by atoms with Crippen LogP contribution in [0.15, 0.2) is 30.3 Å². The lowest BCUT2D eigenvalue weighted by atomic mass is 9.96. The minimum atomic E-state index is 0.139. The average molecular weight is 260 g/mol. The van der Waals surface area contributed by atoms with Gasteiger partial charge in [-0.3, -0.25) is 4.90 Å². The molecule has 1 fully saturated rings. The molecule has 0 radical (unpaired) electrons. The molecule has 0 aromatic heterocycles. The Kier molecular flexibility index (Phi) is 5.41. The predicted molar refractivity (Wildman–Crippen MR) is 82.0 cm³/mol. The van der Waals surface area contributed by atoms with Gasteiger partial charge in [0.15, 0.2) is 0 Å². The van der Waals surface area contributed by atoms with Crippen molar-refractivity contribution in [3.05, 3.63) is 35.9 Å². The third-order valence-corrected chi connectivity index (χ3v) is 4.54. The summed E-state index contributed by atoms with van der Waals surface area (Å²) in [5.41, 5.74) is 7.79. The highest BCUT2D eigenvalue weighted by molar-refractivity contribution is 5.20. The van der Waals surface area contributed by atoms with E-state index in [-0.39, 0.29) is 6.04 Å². The molecule has 2 rings (SSSR count). The molecule has 1 aliphatic rings. The van der Waals surface area contributed by atoms with E-state index in [9.17, 15) is 0 Å². The fourth-order valence-electron chi connectivity index (χ4n) is 3.25. The van der Waals surface area contributed by atoms with Crippen LogP contribution in [-0.2, 0) is 0 Å². The summed E-state index contributed by atoms with van der Waals surface area (Å²) in [7, 11) is 0. The average Bonchev–Trinajstić information content (AvgIpc) is 2.66. The molecule has 1 aliphatic heterocycles. The maximum Gasteiger partial charge on any atom is 0.0453 e. The zero-order chi connectivity index (χ0) is 13.7. The molecule has 3 unspecified atom stereocenters. The molecule has 0 amide bonds. The smallest absolute Gasteiger partial charge is 0.0453 e. The van der Waals surface area contributed by atoms with Crippen molar-refractivity contribution < 1.29 is 0 Å². The third kappa shape index (κ3) is 3.80. The van der Waals surface area contributed by atoms with E-state index in [2.05, 4.69) is 49.1 Å². The molecule has 2 heteroatoms. The summed E-state index contributed by atoms with van der Waals surface area (Å²) in [5, 5.41) is 0. The highest BCUT2D eigenvalue weighted by Crippen LogP contribution is 2.25. The molecule has 0 saturated carbocycles. The molecule has 1 saturated heterocycles. The van der Waals surface area contributed by atoms with Crippen LogP contribution in [0.5, 0.6) is 0 Å². The number of rotatable bonds is 4. The van der Waals surface area contributed by atoms with Gasteiger partial charge in [0, 0.05) is 12.1 Å². The topological polar surface area (TPSA) is 29.3 Å². The fourth-order valence-corrected chi connectivity index (χ4v) is 3.25. The largest absolute Gasteiger partial charge is 0.323 e. The lowest BCUT2D eigenvalue weighted by molar-refractivity contribution is 0.170. The van der Waals surface area contributed by atoms with Crippen molar-refractivity contribution >= 4 is 0 Å². The summed E-state index contributed by atoms with van der Waals surface area (Å²) < 4.78 is 0. The van der Waals surface area contributed by atoms with Crippen LogP contribution in [0.2, 0.25) is 0 Å². The molecule has 1 aromatic rings. The lowest BCUT2D eigenvalue weighted by Crippen LogP contribution is -2.43. The summed E-state index contributed by atoms with van der Waals surface area (Å²) in [4.78, 5) is 2.63. The molecule has 2 nitrogen and oxygen atoms in total. The van der Waals surface area contributed by atoms with Crippen LogP contribution in [0.25, 0.3) is 0 Å². The first kappa shape index (κ1) is 14.5. The Morgan fingerprint density at radius 3 is 2.63 bits per heavy atom. The Labute approximate surface area is 118 Å². The van der Waals surface area contributed by atoms with E-state index in [1.165, 1.54) is 37.9 Å². The fraction of sp³-hybridized carbons (Fsp3) is 0.647. The van der Waals surface area contributed by atoms with Gasteiger partial charge in [-0.25, -0.2) is 0 Å². The monoisotopic (exact) mass is 260 g/mol. The van der Waals surface area contributed by atoms with Crippen molar-refractivity contribution in [1.82, 2.24) is 4.90 Å². The molecule has 0 bridgehead atoms. The minimum Gasteiger partial charge on any atom is -0.323 e. The van der Waals surface area contributed by atoms with Gasteiger partial charge < -0.3 is 5.73 Å². The zero-order valence-electron chi connectivity index (χ0n) is 12.4. The summed E-state index contributed by atoms with van der Waals surface area (Å²) in [6.45, 7) is 7.06. The van der Waals surface area contributed by atoms with Gasteiger partial charge in [-0.05, 0) is 50.3 Å². The molecule has 1 aromatic carbocycles. The second-order valence-electron chi connectivity index (χ2n) is 5.98. The van der Waals surface area contributed by atoms with Crippen LogP contribution < -0.4 is 5.73 Å². The number of nitrogens with zero attached hydrogens (tertiary/aromatic N) is 1. The van der Waals surface area contributed by atoms with E-state index in [1.54, 1.807) is 0 Å². The maximum absolute atomic E-state index is 6.52. The van der Waals surface area contributed by atoms with E-state index in [1.807, 2.05) is 0 Å². The Morgan fingerprint density at radius 2 is 1.95 bits per heavy atom. The molecular formula is C17H28N2. The molecule has 106 valence electrons. The van der Waals surface area contributed by atoms with Crippen LogP contribution in [0.1, 0.15) is 51.1 Å². The molecule has 2 N–H and O–H groups in total. The molecule has 19 heavy (non-hydrogen) atoms. The van der Waals surface area contributed by atoms with E-state index in [4.69, 9.17) is 5.73 Å². The zero-order valence-corrected chi connectivity index (χ0v) is 12.4. The Balaban J connectivity index is 2.06. The van der Waals surface area contributed by atoms with Crippen molar-refractivity contribution in [3.63, 3.8) is 0 Å². The van der Waals surface area contributed by atoms with Gasteiger partial charge in [0.25, 0.3) is 0 Å². The number of hydrogen-bond acceptors (Lipinski definition) is 2. The number of likely N-dealkylation sites (tertiary alicyclic amines) is 1. The van der Waals surface area contributed by atoms with Crippen molar-refractivity contribution in [2.24, 2.45) is 11.7 Å². The quantitative estimate of drug-likeness (QED) is 0.896. The lowest BCUT2D eigenvalue weighted by Gasteiger charge is -2.34. The summed E-state index contributed by atoms with van der Waals surface area (Å²) in [6, 6.07) is 11.2. The maximum atomic E-state index is 6.52. The van der Waals surface area contributed by atoms with Gasteiger partial charge in [0.2, 0.25) is 0 Å². The van der Waals surface area contributed by atoms with Crippen molar-refractivity contribution in [1.29, 1.82) is 0 Å². The molecule has 1 heterocycles. The SMILES string of the molecule is CCC(C(N)c1ccccc1)N1CCCC(C)CC1. The van der Waals surface area contributed by atoms with Crippen LogP contribution in [0.4, 0.5) is 0 Å². The number of hydrogen-bond donors (Lipinski definition) is 1. The summed E-state index contributed by atoms with van der Waals surface area (Å²) in [5.74, 6) is 0.871.